The molecule has 19 heavy (non-hydrogen) atoms. The number of nitrogens with zero attached hydrogens (tertiary/aromatic N) is 2. The Morgan fingerprint density at radius 1 is 1.47 bits per heavy atom. The van der Waals surface area contributed by atoms with Gasteiger partial charge in [0.15, 0.2) is 0 Å². The highest BCUT2D eigenvalue weighted by Crippen LogP contribution is 2.32. The first-order chi connectivity index (χ1) is 9.00. The predicted octanol–water partition coefficient (Wildman–Crippen LogP) is 2.27. The Balaban J connectivity index is 2.34. The summed E-state index contributed by atoms with van der Waals surface area (Å²) >= 11 is 5.79. The highest BCUT2D eigenvalue weighted by atomic mass is 35.5. The molecule has 2 rings (SSSR count). The van der Waals surface area contributed by atoms with Gasteiger partial charge in [-0.25, -0.2) is 8.42 Å². The van der Waals surface area contributed by atoms with Crippen LogP contribution in [0.3, 0.4) is 0 Å². The second-order valence-corrected chi connectivity index (χ2v) is 7.21. The van der Waals surface area contributed by atoms with Gasteiger partial charge in [-0.3, -0.25) is 5.10 Å². The van der Waals surface area contributed by atoms with Gasteiger partial charge >= 0.3 is 0 Å². The summed E-state index contributed by atoms with van der Waals surface area (Å²) in [6, 6.07) is 0. The van der Waals surface area contributed by atoms with Gasteiger partial charge in [0.25, 0.3) is 0 Å². The zero-order valence-corrected chi connectivity index (χ0v) is 12.9. The standard InChI is InChI=1S/C12H20ClN3O2S/c1-3-6-16(8-10-4-5-10)19(17,18)12-9(2)14-15-11(12)7-13/h10H,3-8H2,1-2H3,(H,14,15). The zero-order valence-electron chi connectivity index (χ0n) is 11.3. The van der Waals surface area contributed by atoms with E-state index in [-0.39, 0.29) is 10.8 Å². The molecule has 0 amide bonds. The van der Waals surface area contributed by atoms with Crippen molar-refractivity contribution in [3.05, 3.63) is 11.4 Å². The third-order valence-electron chi connectivity index (χ3n) is 3.32. The molecule has 1 aliphatic carbocycles. The Kier molecular flexibility index (Phi) is 4.53. The third kappa shape index (κ3) is 3.12. The van der Waals surface area contributed by atoms with Gasteiger partial charge in [-0.15, -0.1) is 11.6 Å². The van der Waals surface area contributed by atoms with Gasteiger partial charge in [0.1, 0.15) is 4.90 Å². The van der Waals surface area contributed by atoms with E-state index in [1.54, 1.807) is 11.2 Å². The summed E-state index contributed by atoms with van der Waals surface area (Å²) in [5, 5.41) is 6.69. The molecule has 7 heteroatoms. The molecule has 1 fully saturated rings. The predicted molar refractivity (Wildman–Crippen MR) is 74.7 cm³/mol. The maximum absolute atomic E-state index is 12.8. The normalized spacial score (nSPS) is 16.2. The first kappa shape index (κ1) is 14.8. The summed E-state index contributed by atoms with van der Waals surface area (Å²) in [5.74, 6) is 0.621. The minimum atomic E-state index is -3.49. The summed E-state index contributed by atoms with van der Waals surface area (Å²) in [5.41, 5.74) is 0.976. The van der Waals surface area contributed by atoms with Crippen molar-refractivity contribution in [1.29, 1.82) is 0 Å². The minimum Gasteiger partial charge on any atom is -0.281 e. The van der Waals surface area contributed by atoms with Crippen LogP contribution in [0.15, 0.2) is 4.90 Å². The van der Waals surface area contributed by atoms with Crippen LogP contribution in [-0.4, -0.2) is 36.0 Å². The summed E-state index contributed by atoms with van der Waals surface area (Å²) < 4.78 is 27.1. The lowest BCUT2D eigenvalue weighted by molar-refractivity contribution is 0.395. The van der Waals surface area contributed by atoms with Crippen LogP contribution in [0.25, 0.3) is 0 Å². The number of aromatic nitrogens is 2. The summed E-state index contributed by atoms with van der Waals surface area (Å²) in [7, 11) is -3.49. The molecule has 5 nitrogen and oxygen atoms in total. The second-order valence-electron chi connectivity index (χ2n) is 5.06. The van der Waals surface area contributed by atoms with Gasteiger partial charge in [0.2, 0.25) is 10.0 Å². The van der Waals surface area contributed by atoms with Crippen molar-refractivity contribution < 1.29 is 8.42 Å². The molecule has 1 aromatic rings. The van der Waals surface area contributed by atoms with Crippen molar-refractivity contribution in [1.82, 2.24) is 14.5 Å². The third-order valence-corrected chi connectivity index (χ3v) is 5.64. The minimum absolute atomic E-state index is 0.0995. The fourth-order valence-corrected chi connectivity index (χ4v) is 4.39. The van der Waals surface area contributed by atoms with E-state index in [4.69, 9.17) is 11.6 Å². The van der Waals surface area contributed by atoms with Crippen molar-refractivity contribution in [2.45, 2.75) is 43.9 Å². The van der Waals surface area contributed by atoms with Crippen LogP contribution < -0.4 is 0 Å². The Morgan fingerprint density at radius 2 is 2.16 bits per heavy atom. The largest absolute Gasteiger partial charge is 0.281 e. The van der Waals surface area contributed by atoms with Gasteiger partial charge in [-0.2, -0.15) is 9.40 Å². The van der Waals surface area contributed by atoms with E-state index in [9.17, 15) is 8.42 Å². The van der Waals surface area contributed by atoms with Crippen LogP contribution in [-0.2, 0) is 15.9 Å². The van der Waals surface area contributed by atoms with E-state index in [1.807, 2.05) is 6.92 Å². The molecule has 0 bridgehead atoms. The van der Waals surface area contributed by atoms with Gasteiger partial charge in [-0.05, 0) is 32.1 Å². The van der Waals surface area contributed by atoms with Gasteiger partial charge < -0.3 is 0 Å². The van der Waals surface area contributed by atoms with Crippen molar-refractivity contribution in [2.75, 3.05) is 13.1 Å². The molecule has 108 valence electrons. The van der Waals surface area contributed by atoms with E-state index in [0.29, 0.717) is 30.4 Å². The quantitative estimate of drug-likeness (QED) is 0.786. The van der Waals surface area contributed by atoms with E-state index in [1.165, 1.54) is 0 Å². The topological polar surface area (TPSA) is 66.1 Å². The lowest BCUT2D eigenvalue weighted by Crippen LogP contribution is -2.34. The van der Waals surface area contributed by atoms with Crippen LogP contribution in [0.4, 0.5) is 0 Å². The molecule has 0 unspecified atom stereocenters. The number of aryl methyl sites for hydroxylation is 1. The molecule has 1 saturated carbocycles. The highest BCUT2D eigenvalue weighted by Gasteiger charge is 2.34. The Bertz CT molecular complexity index is 537. The number of sulfonamides is 1. The van der Waals surface area contributed by atoms with E-state index < -0.39 is 10.0 Å². The number of H-pyrrole nitrogens is 1. The Morgan fingerprint density at radius 3 is 2.68 bits per heavy atom. The fraction of sp³-hybridized carbons (Fsp3) is 0.750. The number of aromatic amines is 1. The molecule has 0 radical (unpaired) electrons. The van der Waals surface area contributed by atoms with Crippen LogP contribution in [0.2, 0.25) is 0 Å². The molecule has 0 spiro atoms. The number of hydrogen-bond donors (Lipinski definition) is 1. The molecular formula is C12H20ClN3O2S. The summed E-state index contributed by atoms with van der Waals surface area (Å²) in [6.45, 7) is 4.87. The fourth-order valence-electron chi connectivity index (χ4n) is 2.18. The molecule has 1 aromatic heterocycles. The van der Waals surface area contributed by atoms with Crippen molar-refractivity contribution in [2.24, 2.45) is 5.92 Å². The highest BCUT2D eigenvalue weighted by molar-refractivity contribution is 7.89. The Hall–Kier alpha value is -0.590. The molecule has 0 atom stereocenters. The van der Waals surface area contributed by atoms with E-state index in [2.05, 4.69) is 10.2 Å². The average Bonchev–Trinajstić information content (AvgIpc) is 3.09. The first-order valence-corrected chi connectivity index (χ1v) is 8.58. The first-order valence-electron chi connectivity index (χ1n) is 6.60. The monoisotopic (exact) mass is 305 g/mol. The van der Waals surface area contributed by atoms with Gasteiger partial charge in [0.05, 0.1) is 17.3 Å². The smallest absolute Gasteiger partial charge is 0.246 e. The molecule has 1 N–H and O–H groups in total. The number of rotatable bonds is 7. The number of alkyl halides is 1. The van der Waals surface area contributed by atoms with Crippen molar-refractivity contribution in [3.63, 3.8) is 0 Å². The lowest BCUT2D eigenvalue weighted by Gasteiger charge is -2.21. The number of halogens is 1. The van der Waals surface area contributed by atoms with E-state index in [0.717, 1.165) is 19.3 Å². The van der Waals surface area contributed by atoms with Gasteiger partial charge in [0, 0.05) is 13.1 Å². The molecule has 0 aliphatic heterocycles. The zero-order chi connectivity index (χ0) is 14.0. The molecule has 0 saturated heterocycles. The second kappa shape index (κ2) is 5.81. The molecule has 1 aliphatic rings. The lowest BCUT2D eigenvalue weighted by atomic mass is 10.4. The van der Waals surface area contributed by atoms with Crippen LogP contribution >= 0.6 is 11.6 Å². The summed E-state index contributed by atoms with van der Waals surface area (Å²) in [6.07, 6.45) is 3.06. The Labute approximate surface area is 119 Å². The van der Waals surface area contributed by atoms with Crippen LogP contribution in [0.1, 0.15) is 37.6 Å². The number of nitrogens with one attached hydrogen (secondary N) is 1. The SMILES string of the molecule is CCCN(CC1CC1)S(=O)(=O)c1c(CCl)n[nH]c1C. The van der Waals surface area contributed by atoms with Crippen molar-refractivity contribution >= 4 is 21.6 Å². The van der Waals surface area contributed by atoms with Crippen LogP contribution in [0.5, 0.6) is 0 Å². The molecular weight excluding hydrogens is 286 g/mol. The van der Waals surface area contributed by atoms with Crippen molar-refractivity contribution in [3.8, 4) is 0 Å². The van der Waals surface area contributed by atoms with Crippen LogP contribution in [0, 0.1) is 12.8 Å². The maximum atomic E-state index is 12.8. The van der Waals surface area contributed by atoms with Gasteiger partial charge in [-0.1, -0.05) is 6.92 Å². The number of hydrogen-bond acceptors (Lipinski definition) is 3. The molecule has 1 heterocycles. The molecule has 0 aromatic carbocycles. The summed E-state index contributed by atoms with van der Waals surface area (Å²) in [4.78, 5) is 0.261. The average molecular weight is 306 g/mol. The maximum Gasteiger partial charge on any atom is 0.246 e. The van der Waals surface area contributed by atoms with E-state index >= 15 is 0 Å².